The van der Waals surface area contributed by atoms with Gasteiger partial charge in [0.1, 0.15) is 5.82 Å². The molecule has 0 saturated heterocycles. The van der Waals surface area contributed by atoms with E-state index >= 15 is 0 Å². The van der Waals surface area contributed by atoms with Gasteiger partial charge in [0, 0.05) is 18.6 Å². The second kappa shape index (κ2) is 6.99. The number of nitrogens with one attached hydrogen (secondary N) is 1. The summed E-state index contributed by atoms with van der Waals surface area (Å²) in [4.78, 5) is 20.6. The van der Waals surface area contributed by atoms with Crippen LogP contribution in [0.1, 0.15) is 32.0 Å². The van der Waals surface area contributed by atoms with E-state index in [0.717, 1.165) is 18.7 Å². The Kier molecular flexibility index (Phi) is 5.05. The number of carbonyl (C=O) groups is 1. The summed E-state index contributed by atoms with van der Waals surface area (Å²) >= 11 is 0. The lowest BCUT2D eigenvalue weighted by Gasteiger charge is -2.14. The fraction of sp³-hybridized carbons (Fsp3) is 0.400. The number of nitrogens with two attached hydrogens (primary N) is 1. The molecule has 0 fully saturated rings. The maximum atomic E-state index is 12.1. The summed E-state index contributed by atoms with van der Waals surface area (Å²) in [6.07, 6.45) is 7.83. The maximum absolute atomic E-state index is 12.1. The molecule has 6 heteroatoms. The molecule has 1 atom stereocenters. The van der Waals surface area contributed by atoms with Crippen molar-refractivity contribution >= 4 is 11.6 Å². The molecule has 0 unspecified atom stereocenters. The van der Waals surface area contributed by atoms with Crippen molar-refractivity contribution in [2.75, 3.05) is 5.32 Å². The number of anilines is 1. The number of rotatable bonds is 6. The van der Waals surface area contributed by atoms with E-state index in [-0.39, 0.29) is 5.91 Å². The summed E-state index contributed by atoms with van der Waals surface area (Å²) < 4.78 is 1.83. The molecule has 0 radical (unpaired) electrons. The molecule has 0 bridgehead atoms. The Morgan fingerprint density at radius 3 is 2.90 bits per heavy atom. The predicted octanol–water partition coefficient (Wildman–Crippen LogP) is 2.03. The van der Waals surface area contributed by atoms with Crippen molar-refractivity contribution in [1.29, 1.82) is 0 Å². The minimum atomic E-state index is -0.498. The predicted molar refractivity (Wildman–Crippen MR) is 82.2 cm³/mol. The number of aromatic nitrogens is 3. The van der Waals surface area contributed by atoms with Gasteiger partial charge in [-0.25, -0.2) is 9.97 Å². The smallest absolute Gasteiger partial charge is 0.241 e. The molecule has 0 saturated carbocycles. The molecule has 1 amide bonds. The number of hydrogen-bond acceptors (Lipinski definition) is 4. The van der Waals surface area contributed by atoms with E-state index in [9.17, 15) is 4.79 Å². The molecule has 21 heavy (non-hydrogen) atoms. The lowest BCUT2D eigenvalue weighted by atomic mass is 10.1. The van der Waals surface area contributed by atoms with Gasteiger partial charge < -0.3 is 11.1 Å². The molecule has 2 rings (SSSR count). The van der Waals surface area contributed by atoms with Gasteiger partial charge in [0.05, 0.1) is 11.7 Å². The first-order chi connectivity index (χ1) is 10.1. The molecule has 6 nitrogen and oxygen atoms in total. The molecule has 2 aromatic rings. The molecule has 2 aromatic heterocycles. The second-order valence-electron chi connectivity index (χ2n) is 4.96. The van der Waals surface area contributed by atoms with Gasteiger partial charge >= 0.3 is 0 Å². The van der Waals surface area contributed by atoms with Gasteiger partial charge in [-0.2, -0.15) is 0 Å². The molecule has 0 aliphatic rings. The quantitative estimate of drug-likeness (QED) is 0.851. The number of unbranched alkanes of at least 4 members (excludes halogenated alkanes) is 1. The van der Waals surface area contributed by atoms with Crippen LogP contribution in [0, 0.1) is 6.92 Å². The number of aryl methyl sites for hydroxylation is 1. The van der Waals surface area contributed by atoms with Crippen LogP contribution < -0.4 is 11.1 Å². The Balaban J connectivity index is 2.18. The van der Waals surface area contributed by atoms with Crippen molar-refractivity contribution in [1.82, 2.24) is 14.5 Å². The van der Waals surface area contributed by atoms with Crippen LogP contribution in [0.2, 0.25) is 0 Å². The fourth-order valence-corrected chi connectivity index (χ4v) is 2.07. The second-order valence-corrected chi connectivity index (χ2v) is 4.96. The third-order valence-electron chi connectivity index (χ3n) is 3.30. The van der Waals surface area contributed by atoms with E-state index in [1.54, 1.807) is 18.5 Å². The average Bonchev–Trinajstić information content (AvgIpc) is 2.91. The summed E-state index contributed by atoms with van der Waals surface area (Å²) in [5, 5.41) is 2.86. The van der Waals surface area contributed by atoms with E-state index < -0.39 is 6.04 Å². The van der Waals surface area contributed by atoms with Crippen LogP contribution in [-0.4, -0.2) is 26.5 Å². The first kappa shape index (κ1) is 15.2. The minimum Gasteiger partial charge on any atom is -0.322 e. The summed E-state index contributed by atoms with van der Waals surface area (Å²) in [6, 6.07) is 3.09. The Bertz CT molecular complexity index is 608. The molecule has 3 N–H and O–H groups in total. The molecule has 0 spiro atoms. The third kappa shape index (κ3) is 3.66. The highest BCUT2D eigenvalue weighted by Crippen LogP contribution is 2.18. The number of amides is 1. The number of imidazole rings is 1. The molecular weight excluding hydrogens is 266 g/mol. The normalized spacial score (nSPS) is 12.1. The van der Waals surface area contributed by atoms with Crippen molar-refractivity contribution in [3.05, 3.63) is 36.5 Å². The highest BCUT2D eigenvalue weighted by atomic mass is 16.2. The molecule has 0 aromatic carbocycles. The van der Waals surface area contributed by atoms with E-state index in [1.165, 1.54) is 0 Å². The van der Waals surface area contributed by atoms with Crippen LogP contribution in [0.25, 0.3) is 5.82 Å². The highest BCUT2D eigenvalue weighted by molar-refractivity contribution is 5.96. The van der Waals surface area contributed by atoms with Crippen LogP contribution in [0.3, 0.4) is 0 Å². The van der Waals surface area contributed by atoms with Gasteiger partial charge in [0.15, 0.2) is 5.82 Å². The third-order valence-corrected chi connectivity index (χ3v) is 3.30. The largest absolute Gasteiger partial charge is 0.322 e. The molecular formula is C15H21N5O. The van der Waals surface area contributed by atoms with Crippen molar-refractivity contribution in [2.45, 2.75) is 39.2 Å². The Hall–Kier alpha value is -2.21. The van der Waals surface area contributed by atoms with Crippen LogP contribution in [0.5, 0.6) is 0 Å². The minimum absolute atomic E-state index is 0.185. The lowest BCUT2D eigenvalue weighted by Crippen LogP contribution is -2.35. The first-order valence-corrected chi connectivity index (χ1v) is 7.15. The summed E-state index contributed by atoms with van der Waals surface area (Å²) in [5.74, 6) is 1.26. The lowest BCUT2D eigenvalue weighted by molar-refractivity contribution is -0.117. The average molecular weight is 287 g/mol. The van der Waals surface area contributed by atoms with Crippen LogP contribution in [0.15, 0.2) is 30.7 Å². The van der Waals surface area contributed by atoms with E-state index in [1.807, 2.05) is 23.8 Å². The Morgan fingerprint density at radius 2 is 2.24 bits per heavy atom. The zero-order valence-corrected chi connectivity index (χ0v) is 12.4. The van der Waals surface area contributed by atoms with Crippen LogP contribution >= 0.6 is 0 Å². The van der Waals surface area contributed by atoms with E-state index in [2.05, 4.69) is 22.2 Å². The fourth-order valence-electron chi connectivity index (χ4n) is 2.07. The van der Waals surface area contributed by atoms with Gasteiger partial charge in [-0.1, -0.05) is 19.8 Å². The molecule has 0 aliphatic carbocycles. The van der Waals surface area contributed by atoms with Crippen molar-refractivity contribution < 1.29 is 4.79 Å². The van der Waals surface area contributed by atoms with Crippen molar-refractivity contribution in [2.24, 2.45) is 5.73 Å². The van der Waals surface area contributed by atoms with Gasteiger partial charge in [-0.05, 0) is 25.5 Å². The topological polar surface area (TPSA) is 85.8 Å². The molecule has 2 heterocycles. The first-order valence-electron chi connectivity index (χ1n) is 7.15. The summed E-state index contributed by atoms with van der Waals surface area (Å²) in [5.41, 5.74) is 6.53. The van der Waals surface area contributed by atoms with Crippen LogP contribution in [0.4, 0.5) is 5.69 Å². The number of pyridine rings is 1. The highest BCUT2D eigenvalue weighted by Gasteiger charge is 2.16. The van der Waals surface area contributed by atoms with E-state index in [4.69, 9.17) is 5.73 Å². The summed E-state index contributed by atoms with van der Waals surface area (Å²) in [6.45, 7) is 3.96. The van der Waals surface area contributed by atoms with Crippen LogP contribution in [-0.2, 0) is 4.79 Å². The maximum Gasteiger partial charge on any atom is 0.241 e. The van der Waals surface area contributed by atoms with E-state index in [0.29, 0.717) is 17.9 Å². The monoisotopic (exact) mass is 287 g/mol. The summed E-state index contributed by atoms with van der Waals surface area (Å²) in [7, 11) is 0. The zero-order chi connectivity index (χ0) is 15.2. The van der Waals surface area contributed by atoms with Gasteiger partial charge in [0.2, 0.25) is 5.91 Å². The Morgan fingerprint density at radius 1 is 1.43 bits per heavy atom. The zero-order valence-electron chi connectivity index (χ0n) is 12.4. The standard InChI is InChI=1S/C15H21N5O/c1-3-4-6-12(16)15(21)19-13-7-5-8-18-14(13)20-10-9-17-11(20)2/h5,7-10,12H,3-4,6,16H2,1-2H3,(H,19,21)/t12-/m0/s1. The van der Waals surface area contributed by atoms with Crippen molar-refractivity contribution in [3.8, 4) is 5.82 Å². The SMILES string of the molecule is CCCC[C@H](N)C(=O)Nc1cccnc1-n1ccnc1C. The number of carbonyl (C=O) groups excluding carboxylic acids is 1. The van der Waals surface area contributed by atoms with Gasteiger partial charge in [-0.3, -0.25) is 9.36 Å². The van der Waals surface area contributed by atoms with Gasteiger partial charge in [0.25, 0.3) is 0 Å². The number of hydrogen-bond donors (Lipinski definition) is 2. The molecule has 112 valence electrons. The van der Waals surface area contributed by atoms with Crippen molar-refractivity contribution in [3.63, 3.8) is 0 Å². The number of nitrogens with zero attached hydrogens (tertiary/aromatic N) is 3. The molecule has 0 aliphatic heterocycles. The van der Waals surface area contributed by atoms with Gasteiger partial charge in [-0.15, -0.1) is 0 Å². The Labute approximate surface area is 124 Å².